The van der Waals surface area contributed by atoms with Crippen molar-refractivity contribution in [3.8, 4) is 11.3 Å². The van der Waals surface area contributed by atoms with E-state index in [2.05, 4.69) is 32.7 Å². The van der Waals surface area contributed by atoms with Gasteiger partial charge in [0.05, 0.1) is 12.2 Å². The van der Waals surface area contributed by atoms with Crippen LogP contribution in [0.15, 0.2) is 54.9 Å². The maximum absolute atomic E-state index is 12.5. The first kappa shape index (κ1) is 28.9. The van der Waals surface area contributed by atoms with Gasteiger partial charge < -0.3 is 20.6 Å². The Balaban J connectivity index is 1.33. The SMILES string of the molecule is CN(C)C(=O)CN(CCCCc1ccc2c(n1)NCCC2)CC[C@H](Nc1cc(-c2ccccc2)ncn1)C(=O)O. The van der Waals surface area contributed by atoms with Crippen molar-refractivity contribution in [3.63, 3.8) is 0 Å². The highest BCUT2D eigenvalue weighted by Crippen LogP contribution is 2.21. The van der Waals surface area contributed by atoms with Gasteiger partial charge in [-0.15, -0.1) is 0 Å². The van der Waals surface area contributed by atoms with Crippen LogP contribution in [0.2, 0.25) is 0 Å². The second-order valence-corrected chi connectivity index (χ2v) is 10.3. The predicted octanol–water partition coefficient (Wildman–Crippen LogP) is 3.57. The Hall–Kier alpha value is -4.05. The number of anilines is 2. The molecule has 4 rings (SSSR count). The van der Waals surface area contributed by atoms with Crippen molar-refractivity contribution in [3.05, 3.63) is 66.1 Å². The molecule has 3 heterocycles. The zero-order valence-corrected chi connectivity index (χ0v) is 23.3. The number of nitrogens with one attached hydrogen (secondary N) is 2. The van der Waals surface area contributed by atoms with E-state index in [0.717, 1.165) is 55.7 Å². The number of amides is 1. The van der Waals surface area contributed by atoms with Crippen molar-refractivity contribution >= 4 is 23.5 Å². The number of benzene rings is 1. The predicted molar refractivity (Wildman–Crippen MR) is 156 cm³/mol. The van der Waals surface area contributed by atoms with Crippen LogP contribution in [0.3, 0.4) is 0 Å². The molecule has 0 unspecified atom stereocenters. The summed E-state index contributed by atoms with van der Waals surface area (Å²) in [6, 6.07) is 14.8. The maximum Gasteiger partial charge on any atom is 0.326 e. The molecule has 3 aromatic rings. The van der Waals surface area contributed by atoms with Crippen LogP contribution in [0.1, 0.15) is 36.9 Å². The minimum Gasteiger partial charge on any atom is -0.480 e. The molecule has 0 bridgehead atoms. The fourth-order valence-electron chi connectivity index (χ4n) is 4.70. The summed E-state index contributed by atoms with van der Waals surface area (Å²) >= 11 is 0. The third-order valence-electron chi connectivity index (χ3n) is 7.06. The number of aryl methyl sites for hydroxylation is 2. The molecule has 1 aliphatic heterocycles. The van der Waals surface area contributed by atoms with Gasteiger partial charge in [0.1, 0.15) is 24.0 Å². The average molecular weight is 546 g/mol. The van der Waals surface area contributed by atoms with Crippen LogP contribution in [0, 0.1) is 0 Å². The molecular formula is C30H39N7O3. The molecule has 0 aliphatic carbocycles. The second-order valence-electron chi connectivity index (χ2n) is 10.3. The minimum atomic E-state index is -0.967. The monoisotopic (exact) mass is 545 g/mol. The number of nitrogens with zero attached hydrogens (tertiary/aromatic N) is 5. The van der Waals surface area contributed by atoms with Gasteiger partial charge in [0.15, 0.2) is 0 Å². The number of likely N-dealkylation sites (N-methyl/N-ethyl adjacent to an activating group) is 1. The van der Waals surface area contributed by atoms with Crippen molar-refractivity contribution in [1.29, 1.82) is 0 Å². The third kappa shape index (κ3) is 8.47. The number of rotatable bonds is 14. The zero-order chi connectivity index (χ0) is 28.3. The van der Waals surface area contributed by atoms with Gasteiger partial charge >= 0.3 is 5.97 Å². The van der Waals surface area contributed by atoms with Gasteiger partial charge in [0, 0.05) is 44.5 Å². The Morgan fingerprint density at radius 2 is 1.90 bits per heavy atom. The lowest BCUT2D eigenvalue weighted by Crippen LogP contribution is -2.40. The van der Waals surface area contributed by atoms with E-state index < -0.39 is 12.0 Å². The van der Waals surface area contributed by atoms with E-state index in [4.69, 9.17) is 4.98 Å². The van der Waals surface area contributed by atoms with Gasteiger partial charge in [-0.05, 0) is 56.7 Å². The van der Waals surface area contributed by atoms with E-state index in [1.807, 2.05) is 35.2 Å². The molecule has 40 heavy (non-hydrogen) atoms. The van der Waals surface area contributed by atoms with Gasteiger partial charge in [-0.2, -0.15) is 0 Å². The fraction of sp³-hybridized carbons (Fsp3) is 0.433. The number of aliphatic carboxylic acids is 1. The Labute approximate surface area is 235 Å². The molecular weight excluding hydrogens is 506 g/mol. The summed E-state index contributed by atoms with van der Waals surface area (Å²) in [4.78, 5) is 41.5. The van der Waals surface area contributed by atoms with E-state index in [9.17, 15) is 14.7 Å². The number of aromatic nitrogens is 3. The van der Waals surface area contributed by atoms with Crippen LogP contribution in [-0.4, -0.2) is 88.1 Å². The first-order valence-electron chi connectivity index (χ1n) is 13.9. The minimum absolute atomic E-state index is 0.00874. The summed E-state index contributed by atoms with van der Waals surface area (Å²) in [5, 5.41) is 16.3. The van der Waals surface area contributed by atoms with Crippen molar-refractivity contribution in [2.75, 3.05) is 50.9 Å². The highest BCUT2D eigenvalue weighted by molar-refractivity contribution is 5.78. The van der Waals surface area contributed by atoms with Crippen LogP contribution < -0.4 is 10.6 Å². The molecule has 0 saturated heterocycles. The van der Waals surface area contributed by atoms with Crippen LogP contribution >= 0.6 is 0 Å². The van der Waals surface area contributed by atoms with Gasteiger partial charge in [-0.3, -0.25) is 9.69 Å². The Morgan fingerprint density at radius 1 is 1.07 bits per heavy atom. The van der Waals surface area contributed by atoms with E-state index >= 15 is 0 Å². The number of hydrogen-bond acceptors (Lipinski definition) is 8. The average Bonchev–Trinajstić information content (AvgIpc) is 2.97. The van der Waals surface area contributed by atoms with Crippen molar-refractivity contribution in [2.24, 2.45) is 0 Å². The lowest BCUT2D eigenvalue weighted by molar-refractivity contribution is -0.138. The summed E-state index contributed by atoms with van der Waals surface area (Å²) in [5.41, 5.74) is 3.99. The van der Waals surface area contributed by atoms with Gasteiger partial charge in [0.2, 0.25) is 5.91 Å². The molecule has 1 atom stereocenters. The Morgan fingerprint density at radius 3 is 2.67 bits per heavy atom. The summed E-state index contributed by atoms with van der Waals surface area (Å²) in [6.45, 7) is 2.36. The van der Waals surface area contributed by atoms with Crippen molar-refractivity contribution < 1.29 is 14.7 Å². The number of carboxylic acid groups (broad SMARTS) is 1. The van der Waals surface area contributed by atoms with E-state index in [-0.39, 0.29) is 12.5 Å². The van der Waals surface area contributed by atoms with Crippen LogP contribution in [-0.2, 0) is 22.4 Å². The van der Waals surface area contributed by atoms with E-state index in [1.54, 1.807) is 25.1 Å². The summed E-state index contributed by atoms with van der Waals surface area (Å²) in [5.74, 6) is 0.481. The molecule has 2 aromatic heterocycles. The molecule has 1 aromatic carbocycles. The lowest BCUT2D eigenvalue weighted by Gasteiger charge is -2.25. The first-order valence-corrected chi connectivity index (χ1v) is 13.9. The van der Waals surface area contributed by atoms with Gasteiger partial charge in [0.25, 0.3) is 0 Å². The molecule has 0 saturated carbocycles. The zero-order valence-electron chi connectivity index (χ0n) is 23.3. The number of hydrogen-bond donors (Lipinski definition) is 3. The summed E-state index contributed by atoms with van der Waals surface area (Å²) in [7, 11) is 3.47. The molecule has 1 amide bonds. The number of carbonyl (C=O) groups is 2. The molecule has 10 heteroatoms. The van der Waals surface area contributed by atoms with Crippen LogP contribution in [0.4, 0.5) is 11.6 Å². The molecule has 3 N–H and O–H groups in total. The van der Waals surface area contributed by atoms with Crippen molar-refractivity contribution in [1.82, 2.24) is 24.8 Å². The molecule has 0 radical (unpaired) electrons. The fourth-order valence-corrected chi connectivity index (χ4v) is 4.70. The highest BCUT2D eigenvalue weighted by Gasteiger charge is 2.21. The number of pyridine rings is 1. The van der Waals surface area contributed by atoms with E-state index in [1.165, 1.54) is 11.9 Å². The van der Waals surface area contributed by atoms with Gasteiger partial charge in [-0.25, -0.2) is 19.7 Å². The second kappa shape index (κ2) is 14.4. The van der Waals surface area contributed by atoms with Crippen molar-refractivity contribution in [2.45, 2.75) is 44.6 Å². The molecule has 0 fully saturated rings. The summed E-state index contributed by atoms with van der Waals surface area (Å²) < 4.78 is 0. The molecule has 212 valence electrons. The number of carboxylic acids is 1. The number of unbranched alkanes of at least 4 members (excludes halogenated alkanes) is 1. The van der Waals surface area contributed by atoms with Gasteiger partial charge in [-0.1, -0.05) is 36.4 Å². The number of fused-ring (bicyclic) bond motifs is 1. The quantitative estimate of drug-likeness (QED) is 0.261. The Bertz CT molecular complexity index is 1270. The van der Waals surface area contributed by atoms with Crippen LogP contribution in [0.5, 0.6) is 0 Å². The standard InChI is InChI=1S/C30H39N7O3/c1-36(2)28(38)20-37(17-7-6-12-24-14-13-23-11-8-16-31-29(23)34-24)18-15-25(30(39)40)35-27-19-26(32-21-33-27)22-9-4-3-5-10-22/h3-5,9-10,13-14,19,21,25H,6-8,11-12,15-18,20H2,1-2H3,(H,31,34)(H,39,40)(H,32,33,35)/t25-/m0/s1. The Kier molecular flexibility index (Phi) is 10.4. The molecule has 1 aliphatic rings. The van der Waals surface area contributed by atoms with Crippen LogP contribution in [0.25, 0.3) is 11.3 Å². The van der Waals surface area contributed by atoms with E-state index in [0.29, 0.717) is 31.0 Å². The largest absolute Gasteiger partial charge is 0.480 e. The molecule has 10 nitrogen and oxygen atoms in total. The first-order chi connectivity index (χ1) is 19.4. The smallest absolute Gasteiger partial charge is 0.326 e. The normalized spacial score (nSPS) is 13.3. The third-order valence-corrected chi connectivity index (χ3v) is 7.06. The highest BCUT2D eigenvalue weighted by atomic mass is 16.4. The molecule has 0 spiro atoms. The number of carbonyl (C=O) groups excluding carboxylic acids is 1. The maximum atomic E-state index is 12.5. The topological polar surface area (TPSA) is 124 Å². The summed E-state index contributed by atoms with van der Waals surface area (Å²) in [6.07, 6.45) is 6.63. The lowest BCUT2D eigenvalue weighted by atomic mass is 10.1.